The third kappa shape index (κ3) is 21.2. The molecule has 4 rings (SSSR count). The lowest BCUT2D eigenvalue weighted by atomic mass is 10.1. The van der Waals surface area contributed by atoms with Gasteiger partial charge in [0.05, 0.1) is 11.5 Å². The van der Waals surface area contributed by atoms with E-state index >= 15 is 0 Å². The smallest absolute Gasteiger partial charge is 0.190 e. The van der Waals surface area contributed by atoms with Crippen LogP contribution < -0.4 is 0 Å². The molecule has 1 aliphatic carbocycles. The number of allylic oxidation sites excluding steroid dienone is 7. The number of carbonyl (C=O) groups is 2. The first-order valence-corrected chi connectivity index (χ1v) is 10.9. The predicted molar refractivity (Wildman–Crippen MR) is 152 cm³/mol. The molecule has 0 unspecified atom stereocenters. The Hall–Kier alpha value is -2.64. The first-order valence-electron chi connectivity index (χ1n) is 9.71. The summed E-state index contributed by atoms with van der Waals surface area (Å²) in [4.78, 5) is 20.8. The minimum absolute atomic E-state index is 0. The molecule has 0 atom stereocenters. The van der Waals surface area contributed by atoms with Gasteiger partial charge in [0.15, 0.2) is 50.1 Å². The SMILES string of the molecule is C.C.C.C.C=C1C=CC(=O)C=C1.C=[N+]1C=CC(=O)C=C1.C=[N+]1CCOCC1.C=[N+]1CCSCC1. The van der Waals surface area contributed by atoms with Crippen LogP contribution >= 0.6 is 11.8 Å². The molecule has 0 aromatic rings. The fourth-order valence-electron chi connectivity index (χ4n) is 2.14. The molecule has 3 heterocycles. The summed E-state index contributed by atoms with van der Waals surface area (Å²) in [5, 5.41) is 0. The van der Waals surface area contributed by atoms with E-state index < -0.39 is 0 Å². The largest absolute Gasteiger partial charge is 0.368 e. The summed E-state index contributed by atoms with van der Waals surface area (Å²) in [6, 6.07) is 0. The van der Waals surface area contributed by atoms with Gasteiger partial charge < -0.3 is 4.74 Å². The van der Waals surface area contributed by atoms with Gasteiger partial charge in [-0.3, -0.25) is 9.59 Å². The third-order valence-electron chi connectivity index (χ3n) is 3.99. The van der Waals surface area contributed by atoms with Gasteiger partial charge in [-0.2, -0.15) is 4.58 Å². The Balaban J connectivity index is -0.000000170. The highest BCUT2D eigenvalue weighted by Crippen LogP contribution is 2.03. The lowest BCUT2D eigenvalue weighted by molar-refractivity contribution is -0.541. The van der Waals surface area contributed by atoms with Crippen LogP contribution in [-0.2, 0) is 14.3 Å². The van der Waals surface area contributed by atoms with Gasteiger partial charge in [-0.05, 0) is 17.7 Å². The minimum atomic E-state index is 0. The van der Waals surface area contributed by atoms with E-state index in [2.05, 4.69) is 31.3 Å². The number of rotatable bonds is 0. The zero-order chi connectivity index (χ0) is 22.2. The summed E-state index contributed by atoms with van der Waals surface area (Å²) in [5.74, 6) is 2.59. The van der Waals surface area contributed by atoms with Crippen molar-refractivity contribution in [3.63, 3.8) is 0 Å². The van der Waals surface area contributed by atoms with Crippen LogP contribution in [0.25, 0.3) is 0 Å². The molecule has 0 spiro atoms. The normalized spacial score (nSPS) is 17.5. The van der Waals surface area contributed by atoms with Crippen LogP contribution in [0.15, 0.2) is 61.0 Å². The van der Waals surface area contributed by atoms with E-state index in [0.29, 0.717) is 0 Å². The summed E-state index contributed by atoms with van der Waals surface area (Å²) in [5.41, 5.74) is 0.879. The topological polar surface area (TPSA) is 52.4 Å². The summed E-state index contributed by atoms with van der Waals surface area (Å²) in [6.45, 7) is 20.7. The van der Waals surface area contributed by atoms with Crippen molar-refractivity contribution in [2.75, 3.05) is 50.9 Å². The second-order valence-electron chi connectivity index (χ2n) is 6.65. The number of thioether (sulfide) groups is 1. The van der Waals surface area contributed by atoms with Crippen molar-refractivity contribution in [1.29, 1.82) is 0 Å². The molecule has 0 N–H and O–H groups in total. The van der Waals surface area contributed by atoms with Crippen molar-refractivity contribution >= 4 is 43.5 Å². The van der Waals surface area contributed by atoms with E-state index in [0.717, 1.165) is 31.9 Å². The quantitative estimate of drug-likeness (QED) is 0.472. The average Bonchev–Trinajstić information content (AvgIpc) is 2.75. The first kappa shape index (κ1) is 38.6. The van der Waals surface area contributed by atoms with E-state index in [9.17, 15) is 9.59 Å². The van der Waals surface area contributed by atoms with E-state index in [4.69, 9.17) is 4.74 Å². The standard InChI is InChI=1S/C7H6O.C6H6NO.C5H10NO.C5H10NS.4CH4/c1-6-2-4-7(8)5-3-6;1-7-4-2-6(8)3-5-7;2*1-6-2-4-7-5-3-6;;;;/h2*2-5H,1H2;2*1-5H2;4*1H4/q;3*+1;;;;. The third-order valence-corrected chi connectivity index (χ3v) is 4.93. The lowest BCUT2D eigenvalue weighted by Gasteiger charge is -2.07. The Morgan fingerprint density at radius 3 is 1.38 bits per heavy atom. The van der Waals surface area contributed by atoms with E-state index in [1.165, 1.54) is 48.9 Å². The van der Waals surface area contributed by atoms with Crippen molar-refractivity contribution in [3.05, 3.63) is 61.0 Å². The van der Waals surface area contributed by atoms with Gasteiger partial charge in [0.2, 0.25) is 0 Å². The van der Waals surface area contributed by atoms with Crippen LogP contribution in [-0.4, -0.2) is 96.3 Å². The zero-order valence-corrected chi connectivity index (χ0v) is 18.4. The van der Waals surface area contributed by atoms with E-state index in [1.807, 2.05) is 16.3 Å². The number of hydrogen-bond donors (Lipinski definition) is 0. The Labute approximate surface area is 213 Å². The van der Waals surface area contributed by atoms with Crippen molar-refractivity contribution in [2.24, 2.45) is 0 Å². The summed E-state index contributed by atoms with van der Waals surface area (Å²) >= 11 is 2.02. The van der Waals surface area contributed by atoms with Gasteiger partial charge in [-0.15, -0.1) is 11.8 Å². The molecular formula is C27H48N3O3S+3. The Kier molecular flexibility index (Phi) is 26.7. The van der Waals surface area contributed by atoms with Gasteiger partial charge >= 0.3 is 0 Å². The highest BCUT2D eigenvalue weighted by molar-refractivity contribution is 7.99. The molecule has 34 heavy (non-hydrogen) atoms. The lowest BCUT2D eigenvalue weighted by Crippen LogP contribution is -2.26. The second kappa shape index (κ2) is 23.5. The zero-order valence-electron chi connectivity index (χ0n) is 17.6. The highest BCUT2D eigenvalue weighted by Gasteiger charge is 2.06. The van der Waals surface area contributed by atoms with Crippen LogP contribution in [0, 0.1) is 0 Å². The molecule has 0 saturated carbocycles. The molecule has 2 fully saturated rings. The molecule has 4 aliphatic rings. The Morgan fingerprint density at radius 2 is 1.09 bits per heavy atom. The molecule has 0 amide bonds. The summed E-state index contributed by atoms with van der Waals surface area (Å²) in [7, 11) is 0. The Bertz CT molecular complexity index is 635. The highest BCUT2D eigenvalue weighted by atomic mass is 32.2. The van der Waals surface area contributed by atoms with Gasteiger partial charge in [0.25, 0.3) is 0 Å². The Morgan fingerprint density at radius 1 is 0.676 bits per heavy atom. The maximum absolute atomic E-state index is 10.4. The maximum atomic E-state index is 10.4. The second-order valence-corrected chi connectivity index (χ2v) is 7.88. The fraction of sp³-hybridized carbons (Fsp3) is 0.444. The first-order chi connectivity index (χ1) is 14.4. The van der Waals surface area contributed by atoms with Gasteiger partial charge in [-0.1, -0.05) is 48.4 Å². The number of nitrogens with zero attached hydrogens (tertiary/aromatic N) is 3. The molecule has 192 valence electrons. The van der Waals surface area contributed by atoms with Crippen molar-refractivity contribution < 1.29 is 28.1 Å². The van der Waals surface area contributed by atoms with Gasteiger partial charge in [0.1, 0.15) is 33.4 Å². The summed E-state index contributed by atoms with van der Waals surface area (Å²) in [6.07, 6.45) is 12.6. The van der Waals surface area contributed by atoms with Crippen LogP contribution in [0.3, 0.4) is 0 Å². The molecule has 3 aliphatic heterocycles. The van der Waals surface area contributed by atoms with Gasteiger partial charge in [-0.25, -0.2) is 9.15 Å². The molecule has 2 saturated heterocycles. The van der Waals surface area contributed by atoms with E-state index in [1.54, 1.807) is 29.1 Å². The molecule has 0 aromatic carbocycles. The molecule has 7 heteroatoms. The predicted octanol–water partition coefficient (Wildman–Crippen LogP) is 4.27. The number of ketones is 2. The van der Waals surface area contributed by atoms with Crippen LogP contribution in [0.2, 0.25) is 0 Å². The van der Waals surface area contributed by atoms with Crippen LogP contribution in [0.1, 0.15) is 29.7 Å². The van der Waals surface area contributed by atoms with Gasteiger partial charge in [0, 0.05) is 12.2 Å². The van der Waals surface area contributed by atoms with Crippen molar-refractivity contribution in [1.82, 2.24) is 0 Å². The van der Waals surface area contributed by atoms with Crippen molar-refractivity contribution in [2.45, 2.75) is 29.7 Å². The number of carbonyl (C=O) groups excluding carboxylic acids is 2. The number of hydrogen-bond acceptors (Lipinski definition) is 4. The number of ether oxygens (including phenoxy) is 1. The van der Waals surface area contributed by atoms with E-state index in [-0.39, 0.29) is 41.3 Å². The monoisotopic (exact) mass is 494 g/mol. The van der Waals surface area contributed by atoms with Crippen LogP contribution in [0.4, 0.5) is 0 Å². The molecule has 0 radical (unpaired) electrons. The van der Waals surface area contributed by atoms with Crippen LogP contribution in [0.5, 0.6) is 0 Å². The maximum Gasteiger partial charge on any atom is 0.190 e. The molecule has 6 nitrogen and oxygen atoms in total. The summed E-state index contributed by atoms with van der Waals surface area (Å²) < 4.78 is 10.8. The molecular weight excluding hydrogens is 446 g/mol. The molecule has 0 bridgehead atoms. The van der Waals surface area contributed by atoms with Crippen molar-refractivity contribution in [3.8, 4) is 0 Å². The fourth-order valence-corrected chi connectivity index (χ4v) is 3.11. The number of morpholine rings is 1. The minimum Gasteiger partial charge on any atom is -0.368 e. The molecule has 0 aromatic heterocycles. The average molecular weight is 495 g/mol.